The third-order valence-electron chi connectivity index (χ3n) is 2.25. The van der Waals surface area contributed by atoms with Crippen molar-refractivity contribution < 1.29 is 0 Å². The van der Waals surface area contributed by atoms with Crippen LogP contribution < -0.4 is 5.32 Å². The van der Waals surface area contributed by atoms with E-state index in [9.17, 15) is 0 Å². The molecule has 0 aliphatic heterocycles. The summed E-state index contributed by atoms with van der Waals surface area (Å²) in [6.07, 6.45) is 0.972. The zero-order chi connectivity index (χ0) is 11.4. The monoisotopic (exact) mass is 252 g/mol. The molecule has 84 valence electrons. The van der Waals surface area contributed by atoms with Crippen LogP contribution in [-0.4, -0.2) is 4.98 Å². The second-order valence-electron chi connectivity index (χ2n) is 3.46. The van der Waals surface area contributed by atoms with Crippen LogP contribution in [0.5, 0.6) is 0 Å². The Balaban J connectivity index is 2.13. The predicted molar refractivity (Wildman–Crippen MR) is 70.8 cm³/mol. The lowest BCUT2D eigenvalue weighted by molar-refractivity contribution is 1.06. The summed E-state index contributed by atoms with van der Waals surface area (Å²) >= 11 is 7.41. The van der Waals surface area contributed by atoms with E-state index in [1.165, 1.54) is 0 Å². The predicted octanol–water partition coefficient (Wildman–Crippen LogP) is 4.19. The Morgan fingerprint density at radius 1 is 1.44 bits per heavy atom. The molecule has 1 aromatic carbocycles. The Morgan fingerprint density at radius 2 is 2.31 bits per heavy atom. The number of halogens is 1. The van der Waals surface area contributed by atoms with Crippen molar-refractivity contribution >= 4 is 33.8 Å². The van der Waals surface area contributed by atoms with E-state index < -0.39 is 0 Å². The molecule has 0 radical (unpaired) electrons. The molecule has 1 N–H and O–H groups in total. The number of benzene rings is 1. The molecule has 2 aromatic rings. The van der Waals surface area contributed by atoms with E-state index in [0.717, 1.165) is 28.5 Å². The third kappa shape index (κ3) is 2.74. The Kier molecular flexibility index (Phi) is 3.80. The number of hydrogen-bond acceptors (Lipinski definition) is 3. The van der Waals surface area contributed by atoms with E-state index in [0.29, 0.717) is 5.88 Å². The van der Waals surface area contributed by atoms with Gasteiger partial charge in [0, 0.05) is 16.9 Å². The normalized spacial score (nSPS) is 10.4. The summed E-state index contributed by atoms with van der Waals surface area (Å²) in [5.41, 5.74) is 3.27. The van der Waals surface area contributed by atoms with Gasteiger partial charge in [0.2, 0.25) is 0 Å². The van der Waals surface area contributed by atoms with Gasteiger partial charge in [-0.1, -0.05) is 19.1 Å². The number of aryl methyl sites for hydroxylation is 1. The number of hydrogen-bond donors (Lipinski definition) is 1. The molecule has 0 aliphatic carbocycles. The van der Waals surface area contributed by atoms with Gasteiger partial charge in [-0.2, -0.15) is 0 Å². The molecule has 0 fully saturated rings. The van der Waals surface area contributed by atoms with Gasteiger partial charge >= 0.3 is 0 Å². The van der Waals surface area contributed by atoms with E-state index in [-0.39, 0.29) is 0 Å². The fourth-order valence-corrected chi connectivity index (χ4v) is 2.36. The number of nitrogens with zero attached hydrogens (tertiary/aromatic N) is 1. The smallest absolute Gasteiger partial charge is 0.187 e. The molecule has 1 aromatic heterocycles. The maximum Gasteiger partial charge on any atom is 0.187 e. The molecule has 16 heavy (non-hydrogen) atoms. The minimum atomic E-state index is 0.535. The summed E-state index contributed by atoms with van der Waals surface area (Å²) in [7, 11) is 0. The fraction of sp³-hybridized carbons (Fsp3) is 0.250. The van der Waals surface area contributed by atoms with Gasteiger partial charge in [-0.3, -0.25) is 0 Å². The van der Waals surface area contributed by atoms with Crippen molar-refractivity contribution in [1.82, 2.24) is 4.98 Å². The summed E-state index contributed by atoms with van der Waals surface area (Å²) in [4.78, 5) is 4.45. The van der Waals surface area contributed by atoms with Crippen molar-refractivity contribution in [3.63, 3.8) is 0 Å². The van der Waals surface area contributed by atoms with Crippen LogP contribution in [0.4, 0.5) is 10.8 Å². The molecule has 2 nitrogen and oxygen atoms in total. The van der Waals surface area contributed by atoms with Crippen LogP contribution in [0.3, 0.4) is 0 Å². The number of anilines is 2. The maximum atomic E-state index is 5.79. The number of aromatic nitrogens is 1. The van der Waals surface area contributed by atoms with E-state index in [4.69, 9.17) is 11.6 Å². The van der Waals surface area contributed by atoms with Gasteiger partial charge in [0.05, 0.1) is 5.69 Å². The van der Waals surface area contributed by atoms with Crippen molar-refractivity contribution in [2.45, 2.75) is 19.2 Å². The summed E-state index contributed by atoms with van der Waals surface area (Å²) in [6.45, 7) is 2.10. The SMILES string of the molecule is CCc1csc(Nc2cccc(CCl)c2)n1. The zero-order valence-corrected chi connectivity index (χ0v) is 10.6. The summed E-state index contributed by atoms with van der Waals surface area (Å²) in [5, 5.41) is 6.29. The van der Waals surface area contributed by atoms with E-state index in [2.05, 4.69) is 22.6 Å². The molecule has 0 spiro atoms. The molecule has 2 rings (SSSR count). The van der Waals surface area contributed by atoms with Crippen molar-refractivity contribution in [2.75, 3.05) is 5.32 Å². The molecule has 0 atom stereocenters. The molecule has 0 saturated heterocycles. The second-order valence-corrected chi connectivity index (χ2v) is 4.58. The lowest BCUT2D eigenvalue weighted by Gasteiger charge is -2.03. The van der Waals surface area contributed by atoms with E-state index in [1.54, 1.807) is 11.3 Å². The Hall–Kier alpha value is -1.06. The highest BCUT2D eigenvalue weighted by Gasteiger charge is 2.01. The number of rotatable bonds is 4. The topological polar surface area (TPSA) is 24.9 Å². The number of thiazole rings is 1. The first-order chi connectivity index (χ1) is 7.81. The maximum absolute atomic E-state index is 5.79. The van der Waals surface area contributed by atoms with Gasteiger partial charge in [0.25, 0.3) is 0 Å². The Bertz CT molecular complexity index is 468. The summed E-state index contributed by atoms with van der Waals surface area (Å²) < 4.78 is 0. The van der Waals surface area contributed by atoms with E-state index in [1.807, 2.05) is 24.3 Å². The second kappa shape index (κ2) is 5.32. The third-order valence-corrected chi connectivity index (χ3v) is 3.36. The minimum Gasteiger partial charge on any atom is -0.332 e. The number of nitrogens with one attached hydrogen (secondary N) is 1. The minimum absolute atomic E-state index is 0.535. The lowest BCUT2D eigenvalue weighted by Crippen LogP contribution is -1.91. The van der Waals surface area contributed by atoms with Crippen LogP contribution in [0.15, 0.2) is 29.6 Å². The van der Waals surface area contributed by atoms with Crippen molar-refractivity contribution in [3.05, 3.63) is 40.9 Å². The highest BCUT2D eigenvalue weighted by atomic mass is 35.5. The van der Waals surface area contributed by atoms with Crippen LogP contribution in [0.2, 0.25) is 0 Å². The molecule has 0 aliphatic rings. The van der Waals surface area contributed by atoms with Crippen molar-refractivity contribution in [3.8, 4) is 0 Å². The summed E-state index contributed by atoms with van der Waals surface area (Å²) in [6, 6.07) is 8.06. The fourth-order valence-electron chi connectivity index (χ4n) is 1.38. The first-order valence-electron chi connectivity index (χ1n) is 5.18. The average molecular weight is 253 g/mol. The summed E-state index contributed by atoms with van der Waals surface area (Å²) in [5.74, 6) is 0.535. The molecule has 1 heterocycles. The molecule has 0 amide bonds. The first kappa shape index (κ1) is 11.4. The standard InChI is InChI=1S/C12H13ClN2S/c1-2-10-8-16-12(14-10)15-11-5-3-4-9(6-11)7-13/h3-6,8H,2,7H2,1H3,(H,14,15). The van der Waals surface area contributed by atoms with Gasteiger partial charge in [0.1, 0.15) is 0 Å². The highest BCUT2D eigenvalue weighted by Crippen LogP contribution is 2.22. The average Bonchev–Trinajstić information content (AvgIpc) is 2.77. The van der Waals surface area contributed by atoms with Gasteiger partial charge in [-0.15, -0.1) is 22.9 Å². The van der Waals surface area contributed by atoms with Crippen LogP contribution >= 0.6 is 22.9 Å². The van der Waals surface area contributed by atoms with Gasteiger partial charge in [0.15, 0.2) is 5.13 Å². The molecule has 0 saturated carbocycles. The zero-order valence-electron chi connectivity index (χ0n) is 9.03. The Morgan fingerprint density at radius 3 is 3.00 bits per heavy atom. The highest BCUT2D eigenvalue weighted by molar-refractivity contribution is 7.13. The van der Waals surface area contributed by atoms with Gasteiger partial charge < -0.3 is 5.32 Å². The molecule has 0 bridgehead atoms. The Labute approximate surface area is 104 Å². The van der Waals surface area contributed by atoms with Crippen LogP contribution in [0.25, 0.3) is 0 Å². The van der Waals surface area contributed by atoms with Crippen LogP contribution in [0, 0.1) is 0 Å². The van der Waals surface area contributed by atoms with Crippen LogP contribution in [-0.2, 0) is 12.3 Å². The molecule has 0 unspecified atom stereocenters. The molecular weight excluding hydrogens is 240 g/mol. The van der Waals surface area contributed by atoms with Crippen molar-refractivity contribution in [2.24, 2.45) is 0 Å². The lowest BCUT2D eigenvalue weighted by atomic mass is 10.2. The van der Waals surface area contributed by atoms with Gasteiger partial charge in [-0.25, -0.2) is 4.98 Å². The van der Waals surface area contributed by atoms with E-state index >= 15 is 0 Å². The van der Waals surface area contributed by atoms with Crippen LogP contribution in [0.1, 0.15) is 18.2 Å². The number of alkyl halides is 1. The van der Waals surface area contributed by atoms with Crippen molar-refractivity contribution in [1.29, 1.82) is 0 Å². The largest absolute Gasteiger partial charge is 0.332 e. The quantitative estimate of drug-likeness (QED) is 0.826. The molecular formula is C12H13ClN2S. The van der Waals surface area contributed by atoms with Gasteiger partial charge in [-0.05, 0) is 24.1 Å². The first-order valence-corrected chi connectivity index (χ1v) is 6.59. The molecule has 4 heteroatoms.